The highest BCUT2D eigenvalue weighted by Gasteiger charge is 2.18. The molecule has 9 heteroatoms. The van der Waals surface area contributed by atoms with Crippen LogP contribution in [0.15, 0.2) is 47.5 Å². The maximum Gasteiger partial charge on any atom is 0.256 e. The van der Waals surface area contributed by atoms with Gasteiger partial charge in [0, 0.05) is 16.3 Å². The molecule has 0 bridgehead atoms. The van der Waals surface area contributed by atoms with Gasteiger partial charge in [-0.25, -0.2) is 4.99 Å². The van der Waals surface area contributed by atoms with E-state index in [1.54, 1.807) is 12.1 Å². The smallest absolute Gasteiger partial charge is 0.256 e. The lowest BCUT2D eigenvalue weighted by molar-refractivity contribution is 0.100. The number of nitrogens with zero attached hydrogens (tertiary/aromatic N) is 2. The summed E-state index contributed by atoms with van der Waals surface area (Å²) >= 11 is 2.29. The van der Waals surface area contributed by atoms with E-state index in [-0.39, 0.29) is 17.1 Å². The van der Waals surface area contributed by atoms with E-state index in [4.69, 9.17) is 10.5 Å². The molecule has 28 heavy (non-hydrogen) atoms. The number of aromatic nitrogens is 2. The van der Waals surface area contributed by atoms with Crippen molar-refractivity contribution in [3.63, 3.8) is 0 Å². The summed E-state index contributed by atoms with van der Waals surface area (Å²) in [5.41, 5.74) is 8.33. The lowest BCUT2D eigenvalue weighted by atomic mass is 10.2. The minimum absolute atomic E-state index is 0.0253. The van der Waals surface area contributed by atoms with Gasteiger partial charge in [0.2, 0.25) is 0 Å². The SMILES string of the molecule is COc1cc(C=Nc2n[nH]c(Nc3ccc(CI)cc3)c2C(N)=O)ccc1O. The van der Waals surface area contributed by atoms with Crippen molar-refractivity contribution in [3.8, 4) is 11.5 Å². The highest BCUT2D eigenvalue weighted by Crippen LogP contribution is 2.28. The average Bonchev–Trinajstić information content (AvgIpc) is 3.10. The van der Waals surface area contributed by atoms with Gasteiger partial charge < -0.3 is 20.9 Å². The summed E-state index contributed by atoms with van der Waals surface area (Å²) in [6.45, 7) is 0. The Morgan fingerprint density at radius 2 is 2.11 bits per heavy atom. The van der Waals surface area contributed by atoms with Crippen LogP contribution in [0.4, 0.5) is 17.3 Å². The Morgan fingerprint density at radius 1 is 1.36 bits per heavy atom. The van der Waals surface area contributed by atoms with Gasteiger partial charge in [0.15, 0.2) is 17.3 Å². The summed E-state index contributed by atoms with van der Waals surface area (Å²) in [6.07, 6.45) is 1.50. The van der Waals surface area contributed by atoms with Crippen molar-refractivity contribution in [2.75, 3.05) is 12.4 Å². The summed E-state index contributed by atoms with van der Waals surface area (Å²) in [5.74, 6) is 0.211. The molecule has 0 fully saturated rings. The number of nitrogens with two attached hydrogens (primary N) is 1. The van der Waals surface area contributed by atoms with E-state index in [0.29, 0.717) is 17.1 Å². The first-order valence-corrected chi connectivity index (χ1v) is 9.75. The number of halogens is 1. The number of H-pyrrole nitrogens is 1. The summed E-state index contributed by atoms with van der Waals surface area (Å²) in [5, 5.41) is 19.6. The van der Waals surface area contributed by atoms with E-state index in [1.165, 1.54) is 25.0 Å². The van der Waals surface area contributed by atoms with Crippen molar-refractivity contribution >= 4 is 52.0 Å². The minimum Gasteiger partial charge on any atom is -0.504 e. The molecule has 0 radical (unpaired) electrons. The molecule has 0 aliphatic heterocycles. The lowest BCUT2D eigenvalue weighted by Gasteiger charge is -2.06. The zero-order valence-corrected chi connectivity index (χ0v) is 17.1. The molecule has 0 aliphatic rings. The van der Waals surface area contributed by atoms with Crippen LogP contribution >= 0.6 is 22.6 Å². The lowest BCUT2D eigenvalue weighted by Crippen LogP contribution is -2.12. The number of hydrogen-bond donors (Lipinski definition) is 4. The topological polar surface area (TPSA) is 126 Å². The fourth-order valence-electron chi connectivity index (χ4n) is 2.48. The number of anilines is 2. The highest BCUT2D eigenvalue weighted by atomic mass is 127. The molecule has 1 amide bonds. The second kappa shape index (κ2) is 8.74. The number of alkyl halides is 1. The number of rotatable bonds is 7. The molecule has 0 unspecified atom stereocenters. The van der Waals surface area contributed by atoms with E-state index in [0.717, 1.165) is 10.1 Å². The molecule has 2 aromatic carbocycles. The number of hydrogen-bond acceptors (Lipinski definition) is 6. The van der Waals surface area contributed by atoms with Crippen LogP contribution in [0, 0.1) is 0 Å². The zero-order valence-electron chi connectivity index (χ0n) is 14.9. The number of phenolic OH excluding ortho intramolecular Hbond substituents is 1. The number of aromatic amines is 1. The third-order valence-electron chi connectivity index (χ3n) is 3.91. The van der Waals surface area contributed by atoms with Gasteiger partial charge in [-0.1, -0.05) is 34.7 Å². The van der Waals surface area contributed by atoms with E-state index in [9.17, 15) is 9.90 Å². The Bertz CT molecular complexity index is 1010. The molecule has 1 heterocycles. The number of amides is 1. The monoisotopic (exact) mass is 491 g/mol. The van der Waals surface area contributed by atoms with Gasteiger partial charge in [-0.2, -0.15) is 5.10 Å². The largest absolute Gasteiger partial charge is 0.504 e. The van der Waals surface area contributed by atoms with Crippen LogP contribution < -0.4 is 15.8 Å². The first-order chi connectivity index (χ1) is 13.5. The molecule has 0 saturated carbocycles. The van der Waals surface area contributed by atoms with Crippen molar-refractivity contribution in [2.45, 2.75) is 4.43 Å². The molecular formula is C19H18IN5O3. The number of nitrogens with one attached hydrogen (secondary N) is 2. The van der Waals surface area contributed by atoms with Gasteiger partial charge in [0.25, 0.3) is 5.91 Å². The molecule has 8 nitrogen and oxygen atoms in total. The third kappa shape index (κ3) is 4.42. The molecule has 0 aliphatic carbocycles. The van der Waals surface area contributed by atoms with Crippen LogP contribution in [0.2, 0.25) is 0 Å². The Balaban J connectivity index is 1.87. The van der Waals surface area contributed by atoms with Crippen LogP contribution in [-0.2, 0) is 4.43 Å². The number of ether oxygens (including phenoxy) is 1. The van der Waals surface area contributed by atoms with E-state index < -0.39 is 5.91 Å². The van der Waals surface area contributed by atoms with Gasteiger partial charge in [-0.05, 0) is 41.5 Å². The number of primary amides is 1. The van der Waals surface area contributed by atoms with Gasteiger partial charge in [-0.3, -0.25) is 9.89 Å². The first kappa shape index (κ1) is 19.7. The van der Waals surface area contributed by atoms with Crippen molar-refractivity contribution in [2.24, 2.45) is 10.7 Å². The number of carbonyl (C=O) groups is 1. The van der Waals surface area contributed by atoms with Crippen LogP contribution in [0.25, 0.3) is 0 Å². The van der Waals surface area contributed by atoms with E-state index in [1.807, 2.05) is 24.3 Å². The second-order valence-corrected chi connectivity index (χ2v) is 6.57. The van der Waals surface area contributed by atoms with Crippen molar-refractivity contribution in [1.82, 2.24) is 10.2 Å². The number of benzene rings is 2. The standard InChI is InChI=1S/C19H18IN5O3/c1-28-15-8-12(4-7-14(15)26)10-22-18-16(17(21)27)19(25-24-18)23-13-5-2-11(9-20)3-6-13/h2-8,10,26H,9H2,1H3,(H2,21,27)(H2,23,24,25). The molecule has 3 aromatic rings. The third-order valence-corrected chi connectivity index (χ3v) is 4.79. The zero-order chi connectivity index (χ0) is 20.1. The van der Waals surface area contributed by atoms with Gasteiger partial charge >= 0.3 is 0 Å². The minimum atomic E-state index is -0.657. The van der Waals surface area contributed by atoms with Crippen LogP contribution in [0.5, 0.6) is 11.5 Å². The van der Waals surface area contributed by atoms with Crippen LogP contribution in [0.1, 0.15) is 21.5 Å². The Kier molecular flexibility index (Phi) is 6.14. The van der Waals surface area contributed by atoms with Gasteiger partial charge in [-0.15, -0.1) is 0 Å². The molecule has 144 valence electrons. The maximum atomic E-state index is 11.9. The van der Waals surface area contributed by atoms with E-state index >= 15 is 0 Å². The van der Waals surface area contributed by atoms with Crippen LogP contribution in [0.3, 0.4) is 0 Å². The Morgan fingerprint density at radius 3 is 2.75 bits per heavy atom. The number of aliphatic imine (C=N–C) groups is 1. The molecule has 5 N–H and O–H groups in total. The quantitative estimate of drug-likeness (QED) is 0.228. The summed E-state index contributed by atoms with van der Waals surface area (Å²) < 4.78 is 5.98. The van der Waals surface area contributed by atoms with Crippen molar-refractivity contribution < 1.29 is 14.6 Å². The number of aromatic hydroxyl groups is 1. The fourth-order valence-corrected chi connectivity index (χ4v) is 2.99. The fraction of sp³-hybridized carbons (Fsp3) is 0.105. The molecule has 0 saturated heterocycles. The van der Waals surface area contributed by atoms with Gasteiger partial charge in [0.05, 0.1) is 7.11 Å². The summed E-state index contributed by atoms with van der Waals surface area (Å²) in [4.78, 5) is 16.2. The molecule has 3 rings (SSSR count). The number of methoxy groups -OCH3 is 1. The first-order valence-electron chi connectivity index (χ1n) is 8.23. The van der Waals surface area contributed by atoms with Gasteiger partial charge in [0.1, 0.15) is 11.4 Å². The Labute approximate surface area is 175 Å². The molecular weight excluding hydrogens is 473 g/mol. The normalized spacial score (nSPS) is 10.9. The average molecular weight is 491 g/mol. The highest BCUT2D eigenvalue weighted by molar-refractivity contribution is 14.1. The van der Waals surface area contributed by atoms with Crippen molar-refractivity contribution in [1.29, 1.82) is 0 Å². The predicted octanol–water partition coefficient (Wildman–Crippen LogP) is 3.65. The summed E-state index contributed by atoms with van der Waals surface area (Å²) in [7, 11) is 1.46. The van der Waals surface area contributed by atoms with E-state index in [2.05, 4.69) is 43.1 Å². The molecule has 1 aromatic heterocycles. The molecule has 0 spiro atoms. The Hall–Kier alpha value is -3.08. The van der Waals surface area contributed by atoms with Crippen molar-refractivity contribution in [3.05, 3.63) is 59.2 Å². The number of carbonyl (C=O) groups excluding carboxylic acids is 1. The molecule has 0 atom stereocenters. The maximum absolute atomic E-state index is 11.9. The summed E-state index contributed by atoms with van der Waals surface area (Å²) in [6, 6.07) is 12.6. The second-order valence-electron chi connectivity index (χ2n) is 5.81. The van der Waals surface area contributed by atoms with Crippen LogP contribution in [-0.4, -0.2) is 34.5 Å². The predicted molar refractivity (Wildman–Crippen MR) is 116 cm³/mol. The number of phenols is 1.